The first kappa shape index (κ1) is 16.0. The minimum absolute atomic E-state index is 0.131. The fourth-order valence-corrected chi connectivity index (χ4v) is 2.14. The molecule has 0 fully saturated rings. The molecule has 2 aromatic rings. The minimum atomic E-state index is 0.131. The van der Waals surface area contributed by atoms with Crippen molar-refractivity contribution in [3.05, 3.63) is 48.0 Å². The highest BCUT2D eigenvalue weighted by atomic mass is 16.5. The molecule has 0 spiro atoms. The van der Waals surface area contributed by atoms with E-state index >= 15 is 0 Å². The van der Waals surface area contributed by atoms with Crippen molar-refractivity contribution in [3.8, 4) is 11.5 Å². The fourth-order valence-electron chi connectivity index (χ4n) is 2.14. The van der Waals surface area contributed by atoms with E-state index in [9.17, 15) is 5.11 Å². The number of benzene rings is 2. The highest BCUT2D eigenvalue weighted by Gasteiger charge is 2.04. The molecule has 0 aliphatic heterocycles. The van der Waals surface area contributed by atoms with Crippen LogP contribution in [0.3, 0.4) is 0 Å². The number of nitrogens with zero attached hydrogens (tertiary/aromatic N) is 1. The Bertz CT molecular complexity index is 599. The molecule has 0 aliphatic rings. The number of aliphatic hydroxyl groups is 1. The van der Waals surface area contributed by atoms with Gasteiger partial charge in [-0.2, -0.15) is 0 Å². The van der Waals surface area contributed by atoms with Gasteiger partial charge in [0.2, 0.25) is 0 Å². The van der Waals surface area contributed by atoms with Gasteiger partial charge < -0.3 is 25.2 Å². The van der Waals surface area contributed by atoms with E-state index in [4.69, 9.17) is 9.84 Å². The number of likely N-dealkylation sites (N-methyl/N-ethyl adjacent to an activating group) is 1. The lowest BCUT2D eigenvalue weighted by Gasteiger charge is -2.18. The molecule has 0 aromatic heterocycles. The number of hydrogen-bond acceptors (Lipinski definition) is 5. The molecule has 0 radical (unpaired) electrons. The van der Waals surface area contributed by atoms with Crippen LogP contribution in [0.4, 0.5) is 11.4 Å². The molecule has 0 unspecified atom stereocenters. The summed E-state index contributed by atoms with van der Waals surface area (Å²) in [6.45, 7) is 1.24. The number of phenols is 1. The Morgan fingerprint density at radius 1 is 1.14 bits per heavy atom. The number of aromatic hydroxyl groups is 1. The summed E-state index contributed by atoms with van der Waals surface area (Å²) in [6.07, 6.45) is 0. The van der Waals surface area contributed by atoms with Crippen LogP contribution in [0.25, 0.3) is 0 Å². The van der Waals surface area contributed by atoms with Crippen molar-refractivity contribution in [2.45, 2.75) is 6.54 Å². The molecular formula is C17H22N2O3. The SMILES string of the molecule is COc1ccc(O)c(CNc2ccc(N(C)CCO)cc2)c1. The van der Waals surface area contributed by atoms with Gasteiger partial charge in [0.1, 0.15) is 11.5 Å². The second-order valence-electron chi connectivity index (χ2n) is 5.04. The van der Waals surface area contributed by atoms with Gasteiger partial charge in [-0.1, -0.05) is 0 Å². The summed E-state index contributed by atoms with van der Waals surface area (Å²) in [4.78, 5) is 1.98. The second-order valence-corrected chi connectivity index (χ2v) is 5.04. The summed E-state index contributed by atoms with van der Waals surface area (Å²) in [5.74, 6) is 0.961. The van der Waals surface area contributed by atoms with Gasteiger partial charge in [0.15, 0.2) is 0 Å². The van der Waals surface area contributed by atoms with Crippen LogP contribution in [-0.4, -0.2) is 37.5 Å². The molecule has 118 valence electrons. The normalized spacial score (nSPS) is 10.3. The average Bonchev–Trinajstić information content (AvgIpc) is 2.55. The summed E-state index contributed by atoms with van der Waals surface area (Å²) < 4.78 is 5.16. The third-order valence-electron chi connectivity index (χ3n) is 3.51. The smallest absolute Gasteiger partial charge is 0.120 e. The second kappa shape index (κ2) is 7.56. The molecule has 0 heterocycles. The van der Waals surface area contributed by atoms with Crippen LogP contribution >= 0.6 is 0 Å². The topological polar surface area (TPSA) is 65.0 Å². The summed E-state index contributed by atoms with van der Waals surface area (Å²) in [7, 11) is 3.54. The molecule has 0 bridgehead atoms. The van der Waals surface area contributed by atoms with Crippen molar-refractivity contribution in [1.29, 1.82) is 0 Å². The average molecular weight is 302 g/mol. The molecule has 0 amide bonds. The van der Waals surface area contributed by atoms with Gasteiger partial charge in [0.05, 0.1) is 13.7 Å². The van der Waals surface area contributed by atoms with Gasteiger partial charge in [0, 0.05) is 37.1 Å². The van der Waals surface area contributed by atoms with E-state index in [1.54, 1.807) is 19.2 Å². The number of rotatable bonds is 7. The highest BCUT2D eigenvalue weighted by molar-refractivity contribution is 5.55. The first-order valence-electron chi connectivity index (χ1n) is 7.16. The summed E-state index contributed by atoms with van der Waals surface area (Å²) >= 11 is 0. The van der Waals surface area contributed by atoms with Crippen LogP contribution in [0.1, 0.15) is 5.56 Å². The Kier molecular flexibility index (Phi) is 5.49. The van der Waals surface area contributed by atoms with Crippen LogP contribution in [0.15, 0.2) is 42.5 Å². The van der Waals surface area contributed by atoms with E-state index in [1.165, 1.54) is 0 Å². The van der Waals surface area contributed by atoms with E-state index in [0.29, 0.717) is 13.1 Å². The predicted octanol–water partition coefficient (Wildman–Crippen LogP) is 2.44. The highest BCUT2D eigenvalue weighted by Crippen LogP contribution is 2.24. The molecule has 5 nitrogen and oxygen atoms in total. The molecule has 0 saturated heterocycles. The molecule has 0 aliphatic carbocycles. The minimum Gasteiger partial charge on any atom is -0.508 e. The maximum atomic E-state index is 9.86. The maximum Gasteiger partial charge on any atom is 0.120 e. The molecule has 5 heteroatoms. The summed E-state index contributed by atoms with van der Waals surface area (Å²) in [5, 5.41) is 22.1. The monoisotopic (exact) mass is 302 g/mol. The molecule has 22 heavy (non-hydrogen) atoms. The molecule has 0 atom stereocenters. The Balaban J connectivity index is 2.00. The third kappa shape index (κ3) is 4.05. The number of anilines is 2. The number of hydrogen-bond donors (Lipinski definition) is 3. The summed E-state index contributed by atoms with van der Waals surface area (Å²) in [5.41, 5.74) is 2.79. The van der Waals surface area contributed by atoms with E-state index < -0.39 is 0 Å². The fraction of sp³-hybridized carbons (Fsp3) is 0.294. The van der Waals surface area contributed by atoms with Gasteiger partial charge in [-0.15, -0.1) is 0 Å². The van der Waals surface area contributed by atoms with E-state index in [0.717, 1.165) is 22.7 Å². The van der Waals surface area contributed by atoms with Crippen molar-refractivity contribution in [1.82, 2.24) is 0 Å². The Morgan fingerprint density at radius 2 is 1.86 bits per heavy atom. The lowest BCUT2D eigenvalue weighted by atomic mass is 10.2. The Labute approximate surface area is 130 Å². The molecule has 2 rings (SSSR count). The van der Waals surface area contributed by atoms with Gasteiger partial charge in [-0.3, -0.25) is 0 Å². The zero-order valence-electron chi connectivity index (χ0n) is 12.9. The van der Waals surface area contributed by atoms with Crippen LogP contribution in [0.5, 0.6) is 11.5 Å². The van der Waals surface area contributed by atoms with E-state index in [1.807, 2.05) is 42.3 Å². The number of nitrogens with one attached hydrogen (secondary N) is 1. The standard InChI is InChI=1S/C17H22N2O3/c1-19(9-10-20)15-5-3-14(4-6-15)18-12-13-11-16(22-2)7-8-17(13)21/h3-8,11,18,20-21H,9-10,12H2,1-2H3. The van der Waals surface area contributed by atoms with E-state index in [-0.39, 0.29) is 12.4 Å². The predicted molar refractivity (Wildman–Crippen MR) is 88.8 cm³/mol. The lowest BCUT2D eigenvalue weighted by molar-refractivity contribution is 0.304. The molecular weight excluding hydrogens is 280 g/mol. The van der Waals surface area contributed by atoms with Crippen molar-refractivity contribution >= 4 is 11.4 Å². The molecule has 3 N–H and O–H groups in total. The largest absolute Gasteiger partial charge is 0.508 e. The van der Waals surface area contributed by atoms with Crippen LogP contribution in [0.2, 0.25) is 0 Å². The maximum absolute atomic E-state index is 9.86. The van der Waals surface area contributed by atoms with Crippen molar-refractivity contribution in [2.24, 2.45) is 0 Å². The van der Waals surface area contributed by atoms with Crippen molar-refractivity contribution in [2.75, 3.05) is 37.5 Å². The summed E-state index contributed by atoms with van der Waals surface area (Å²) in [6, 6.07) is 13.1. The number of ether oxygens (including phenoxy) is 1. The Hall–Kier alpha value is -2.40. The van der Waals surface area contributed by atoms with Crippen LogP contribution in [0, 0.1) is 0 Å². The van der Waals surface area contributed by atoms with Crippen molar-refractivity contribution < 1.29 is 14.9 Å². The van der Waals surface area contributed by atoms with Gasteiger partial charge >= 0.3 is 0 Å². The van der Waals surface area contributed by atoms with Gasteiger partial charge in [-0.05, 0) is 42.5 Å². The first-order valence-corrected chi connectivity index (χ1v) is 7.16. The van der Waals surface area contributed by atoms with Crippen LogP contribution in [-0.2, 0) is 6.54 Å². The molecule has 0 saturated carbocycles. The number of phenolic OH excluding ortho intramolecular Hbond substituents is 1. The van der Waals surface area contributed by atoms with Gasteiger partial charge in [-0.25, -0.2) is 0 Å². The van der Waals surface area contributed by atoms with Crippen molar-refractivity contribution in [3.63, 3.8) is 0 Å². The quantitative estimate of drug-likeness (QED) is 0.733. The van der Waals surface area contributed by atoms with Gasteiger partial charge in [0.25, 0.3) is 0 Å². The molecule has 2 aromatic carbocycles. The number of methoxy groups -OCH3 is 1. The first-order chi connectivity index (χ1) is 10.6. The zero-order chi connectivity index (χ0) is 15.9. The van der Waals surface area contributed by atoms with Crippen LogP contribution < -0.4 is 15.0 Å². The Morgan fingerprint density at radius 3 is 2.50 bits per heavy atom. The lowest BCUT2D eigenvalue weighted by Crippen LogP contribution is -2.20. The zero-order valence-corrected chi connectivity index (χ0v) is 12.9. The van der Waals surface area contributed by atoms with E-state index in [2.05, 4.69) is 5.32 Å². The third-order valence-corrected chi connectivity index (χ3v) is 3.51. The number of aliphatic hydroxyl groups excluding tert-OH is 1.